The van der Waals surface area contributed by atoms with Gasteiger partial charge in [-0.25, -0.2) is 0 Å². The number of ether oxygens (including phenoxy) is 1. The minimum absolute atomic E-state index is 0.133. The van der Waals surface area contributed by atoms with Crippen LogP contribution in [0.25, 0.3) is 0 Å². The lowest BCUT2D eigenvalue weighted by molar-refractivity contribution is -0.145. The molecule has 1 aromatic rings. The first-order chi connectivity index (χ1) is 17.6. The third-order valence-electron chi connectivity index (χ3n) is 13.1. The number of carbonyl (C=O) groups excluding carboxylic acids is 1. The molecule has 3 heterocycles. The Morgan fingerprint density at radius 3 is 2.76 bits per heavy atom. The van der Waals surface area contributed by atoms with E-state index >= 15 is 0 Å². The number of nitrogens with zero attached hydrogens (tertiary/aromatic N) is 2. The molecule has 0 radical (unpaired) electrons. The zero-order valence-corrected chi connectivity index (χ0v) is 23.9. The molecule has 2 saturated heterocycles. The van der Waals surface area contributed by atoms with Crippen LogP contribution in [0.5, 0.6) is 0 Å². The highest BCUT2D eigenvalue weighted by Crippen LogP contribution is 2.65. The zero-order chi connectivity index (χ0) is 25.9. The summed E-state index contributed by atoms with van der Waals surface area (Å²) in [6.45, 7) is 14.7. The monoisotopic (exact) mass is 505 g/mol. The number of amides is 1. The predicted molar refractivity (Wildman–Crippen MR) is 145 cm³/mol. The first-order valence-corrected chi connectivity index (χ1v) is 15.2. The van der Waals surface area contributed by atoms with Gasteiger partial charge in [-0.15, -0.1) is 0 Å². The van der Waals surface area contributed by atoms with E-state index in [1.165, 1.54) is 49.8 Å². The molecule has 0 bridgehead atoms. The molecule has 202 valence electrons. The molecule has 1 N–H and O–H groups in total. The van der Waals surface area contributed by atoms with Gasteiger partial charge in [-0.1, -0.05) is 31.9 Å². The number of piperidine rings is 1. The average molecular weight is 506 g/mol. The standard InChI is InChI=1S/C32H47N3O2/c1-18-11-29-31(6,35(17-18)21(4)36)20(3)32(37-29)10-9-24-25-8-7-23-12-28-22(16-33-34-28)15-30(23,5)27(25)13-26(24)19(2)14-32/h16,18,20,23-25,27,29H,7-15,17H2,1-6H3,(H,33,34)/t18-,20+,23+,24-,25-,27-,29+,30-,31-,32-/m0/s1. The van der Waals surface area contributed by atoms with Gasteiger partial charge in [0.2, 0.25) is 5.91 Å². The Balaban J connectivity index is 1.20. The molecular formula is C32H47N3O2. The van der Waals surface area contributed by atoms with Crippen LogP contribution in [0, 0.1) is 40.9 Å². The Morgan fingerprint density at radius 2 is 1.97 bits per heavy atom. The second kappa shape index (κ2) is 7.96. The van der Waals surface area contributed by atoms with Gasteiger partial charge in [-0.3, -0.25) is 9.89 Å². The summed E-state index contributed by atoms with van der Waals surface area (Å²) in [5, 5.41) is 7.71. The lowest BCUT2D eigenvalue weighted by Gasteiger charge is -2.52. The summed E-state index contributed by atoms with van der Waals surface area (Å²) in [4.78, 5) is 15.0. The molecule has 1 spiro atoms. The second-order valence-corrected chi connectivity index (χ2v) is 14.7. The van der Waals surface area contributed by atoms with Gasteiger partial charge in [0.15, 0.2) is 0 Å². The lowest BCUT2D eigenvalue weighted by Crippen LogP contribution is -2.62. The van der Waals surface area contributed by atoms with Gasteiger partial charge >= 0.3 is 0 Å². The number of H-pyrrole nitrogens is 1. The SMILES string of the molecule is CC(=O)N1C[C@@H](C)C[C@H]2O[C@]3(CC[C@@H]4C(=C(C)C3)C[C@H]3[C@H]4CC[C@@H]4Cc5[nH]ncc5C[C@@]43C)[C@H](C)[C@@]21C. The van der Waals surface area contributed by atoms with Gasteiger partial charge in [0, 0.05) is 25.1 Å². The summed E-state index contributed by atoms with van der Waals surface area (Å²) in [6, 6.07) is 0. The van der Waals surface area contributed by atoms with Gasteiger partial charge < -0.3 is 9.64 Å². The predicted octanol–water partition coefficient (Wildman–Crippen LogP) is 6.10. The molecule has 10 atom stereocenters. The van der Waals surface area contributed by atoms with Crippen LogP contribution >= 0.6 is 0 Å². The minimum Gasteiger partial charge on any atom is -0.369 e. The summed E-state index contributed by atoms with van der Waals surface area (Å²) in [7, 11) is 0. The van der Waals surface area contributed by atoms with E-state index in [-0.39, 0.29) is 23.2 Å². The van der Waals surface area contributed by atoms with E-state index in [1.54, 1.807) is 18.1 Å². The average Bonchev–Trinajstić information content (AvgIpc) is 3.48. The van der Waals surface area contributed by atoms with Crippen molar-refractivity contribution in [3.63, 3.8) is 0 Å². The maximum Gasteiger partial charge on any atom is 0.220 e. The van der Waals surface area contributed by atoms with E-state index in [4.69, 9.17) is 4.74 Å². The Morgan fingerprint density at radius 1 is 1.16 bits per heavy atom. The zero-order valence-electron chi connectivity index (χ0n) is 23.9. The molecule has 2 aliphatic heterocycles. The Hall–Kier alpha value is -1.62. The van der Waals surface area contributed by atoms with Crippen LogP contribution in [0.2, 0.25) is 0 Å². The fraction of sp³-hybridized carbons (Fsp3) is 0.812. The van der Waals surface area contributed by atoms with Crippen LogP contribution in [0.15, 0.2) is 17.3 Å². The maximum absolute atomic E-state index is 12.8. The van der Waals surface area contributed by atoms with Crippen molar-refractivity contribution in [2.24, 2.45) is 40.9 Å². The maximum atomic E-state index is 12.8. The number of hydrogen-bond donors (Lipinski definition) is 1. The number of carbonyl (C=O) groups is 1. The van der Waals surface area contributed by atoms with E-state index in [0.29, 0.717) is 17.3 Å². The van der Waals surface area contributed by atoms with Crippen molar-refractivity contribution >= 4 is 5.91 Å². The molecule has 6 aliphatic rings. The summed E-state index contributed by atoms with van der Waals surface area (Å²) in [6.07, 6.45) is 13.2. The van der Waals surface area contributed by atoms with Crippen LogP contribution in [-0.2, 0) is 22.4 Å². The Bertz CT molecular complexity index is 1150. The van der Waals surface area contributed by atoms with Crippen molar-refractivity contribution in [1.82, 2.24) is 15.1 Å². The number of rotatable bonds is 0. The number of aromatic amines is 1. The second-order valence-electron chi connectivity index (χ2n) is 14.7. The highest BCUT2D eigenvalue weighted by Gasteiger charge is 2.65. The summed E-state index contributed by atoms with van der Waals surface area (Å²) < 4.78 is 7.21. The van der Waals surface area contributed by atoms with Crippen molar-refractivity contribution in [3.8, 4) is 0 Å². The highest BCUT2D eigenvalue weighted by atomic mass is 16.5. The first kappa shape index (κ1) is 24.4. The van der Waals surface area contributed by atoms with Gasteiger partial charge in [0.05, 0.1) is 23.4 Å². The fourth-order valence-electron chi connectivity index (χ4n) is 11.0. The number of likely N-dealkylation sites (tertiary alicyclic amines) is 1. The van der Waals surface area contributed by atoms with E-state index in [9.17, 15) is 4.79 Å². The number of hydrogen-bond acceptors (Lipinski definition) is 3. The van der Waals surface area contributed by atoms with Gasteiger partial charge in [-0.05, 0) is 112 Å². The summed E-state index contributed by atoms with van der Waals surface area (Å²) in [5.41, 5.74) is 6.36. The van der Waals surface area contributed by atoms with Crippen molar-refractivity contribution in [3.05, 3.63) is 28.6 Å². The molecular weight excluding hydrogens is 458 g/mol. The molecule has 1 aromatic heterocycles. The summed E-state index contributed by atoms with van der Waals surface area (Å²) >= 11 is 0. The normalized spacial score (nSPS) is 48.7. The van der Waals surface area contributed by atoms with Gasteiger partial charge in [0.25, 0.3) is 0 Å². The molecule has 0 aromatic carbocycles. The molecule has 4 aliphatic carbocycles. The van der Waals surface area contributed by atoms with Crippen LogP contribution in [0.1, 0.15) is 97.7 Å². The van der Waals surface area contributed by atoms with Crippen LogP contribution in [-0.4, -0.2) is 44.8 Å². The molecule has 0 unspecified atom stereocenters. The third kappa shape index (κ3) is 3.19. The smallest absolute Gasteiger partial charge is 0.220 e. The van der Waals surface area contributed by atoms with Gasteiger partial charge in [0.1, 0.15) is 0 Å². The highest BCUT2D eigenvalue weighted by molar-refractivity contribution is 5.74. The fourth-order valence-corrected chi connectivity index (χ4v) is 11.0. The minimum atomic E-state index is -0.193. The lowest BCUT2D eigenvalue weighted by atomic mass is 9.52. The molecule has 5 nitrogen and oxygen atoms in total. The molecule has 2 saturated carbocycles. The van der Waals surface area contributed by atoms with Gasteiger partial charge in [-0.2, -0.15) is 5.10 Å². The molecule has 7 rings (SSSR count). The van der Waals surface area contributed by atoms with Crippen LogP contribution in [0.3, 0.4) is 0 Å². The third-order valence-corrected chi connectivity index (χ3v) is 13.1. The van der Waals surface area contributed by atoms with Crippen LogP contribution in [0.4, 0.5) is 0 Å². The van der Waals surface area contributed by atoms with E-state index in [2.05, 4.69) is 55.9 Å². The number of allylic oxidation sites excluding steroid dienone is 1. The van der Waals surface area contributed by atoms with Crippen molar-refractivity contribution in [2.45, 2.75) is 117 Å². The topological polar surface area (TPSA) is 58.2 Å². The molecule has 4 fully saturated rings. The quantitative estimate of drug-likeness (QED) is 0.434. The first-order valence-electron chi connectivity index (χ1n) is 15.2. The van der Waals surface area contributed by atoms with E-state index in [0.717, 1.165) is 49.5 Å². The largest absolute Gasteiger partial charge is 0.369 e. The number of fused-ring (bicyclic) bond motifs is 7. The molecule has 37 heavy (non-hydrogen) atoms. The van der Waals surface area contributed by atoms with Crippen molar-refractivity contribution in [2.75, 3.05) is 6.54 Å². The Labute approximate surface area is 223 Å². The molecule has 5 heteroatoms. The van der Waals surface area contributed by atoms with E-state index in [1.807, 2.05) is 0 Å². The Kier molecular flexibility index (Phi) is 5.25. The van der Waals surface area contributed by atoms with E-state index < -0.39 is 0 Å². The van der Waals surface area contributed by atoms with Crippen LogP contribution < -0.4 is 0 Å². The number of nitrogens with one attached hydrogen (secondary N) is 1. The number of aromatic nitrogens is 2. The van der Waals surface area contributed by atoms with Crippen molar-refractivity contribution < 1.29 is 9.53 Å². The van der Waals surface area contributed by atoms with Crippen molar-refractivity contribution in [1.29, 1.82) is 0 Å². The summed E-state index contributed by atoms with van der Waals surface area (Å²) in [5.74, 6) is 4.19. The molecule has 1 amide bonds.